The molecule has 1 unspecified atom stereocenters. The maximum absolute atomic E-state index is 12.5. The van der Waals surface area contributed by atoms with Crippen molar-refractivity contribution in [1.29, 1.82) is 0 Å². The van der Waals surface area contributed by atoms with Gasteiger partial charge in [0.05, 0.1) is 6.04 Å². The molecule has 1 atom stereocenters. The lowest BCUT2D eigenvalue weighted by atomic mass is 9.95. The van der Waals surface area contributed by atoms with E-state index in [-0.39, 0.29) is 17.9 Å². The van der Waals surface area contributed by atoms with Gasteiger partial charge in [0.1, 0.15) is 0 Å². The zero-order valence-corrected chi connectivity index (χ0v) is 12.6. The van der Waals surface area contributed by atoms with Gasteiger partial charge in [-0.15, -0.1) is 0 Å². The van der Waals surface area contributed by atoms with Crippen molar-refractivity contribution < 1.29 is 4.79 Å². The van der Waals surface area contributed by atoms with Crippen molar-refractivity contribution in [2.75, 3.05) is 26.7 Å². The van der Waals surface area contributed by atoms with Gasteiger partial charge in [-0.3, -0.25) is 4.79 Å². The van der Waals surface area contributed by atoms with Crippen LogP contribution < -0.4 is 5.73 Å². The lowest BCUT2D eigenvalue weighted by Crippen LogP contribution is -2.49. The molecular weight excluding hydrogens is 238 g/mol. The molecule has 4 nitrogen and oxygen atoms in total. The number of hydrogen-bond acceptors (Lipinski definition) is 3. The number of carbonyl (C=O) groups excluding carboxylic acids is 1. The average Bonchev–Trinajstić information content (AvgIpc) is 3.20. The van der Waals surface area contributed by atoms with E-state index in [4.69, 9.17) is 5.73 Å². The van der Waals surface area contributed by atoms with Crippen LogP contribution in [0.25, 0.3) is 0 Å². The first-order chi connectivity index (χ1) is 8.99. The van der Waals surface area contributed by atoms with E-state index in [1.54, 1.807) is 0 Å². The topological polar surface area (TPSA) is 49.6 Å². The van der Waals surface area contributed by atoms with Gasteiger partial charge >= 0.3 is 0 Å². The van der Waals surface area contributed by atoms with Crippen LogP contribution in [-0.2, 0) is 4.79 Å². The highest BCUT2D eigenvalue weighted by Gasteiger charge is 2.37. The third kappa shape index (κ3) is 3.93. The first-order valence-electron chi connectivity index (χ1n) is 7.73. The van der Waals surface area contributed by atoms with Gasteiger partial charge in [-0.05, 0) is 57.7 Å². The molecule has 0 spiro atoms. The fourth-order valence-corrected chi connectivity index (χ4v) is 2.80. The molecular formula is C15H29N3O. The highest BCUT2D eigenvalue weighted by atomic mass is 16.2. The summed E-state index contributed by atoms with van der Waals surface area (Å²) in [5, 5.41) is 0. The molecule has 0 aromatic carbocycles. The summed E-state index contributed by atoms with van der Waals surface area (Å²) < 4.78 is 0. The maximum Gasteiger partial charge on any atom is 0.240 e. The molecule has 1 saturated carbocycles. The minimum absolute atomic E-state index is 0.177. The zero-order valence-electron chi connectivity index (χ0n) is 12.6. The summed E-state index contributed by atoms with van der Waals surface area (Å²) in [7, 11) is 2.18. The van der Waals surface area contributed by atoms with Crippen molar-refractivity contribution >= 4 is 5.91 Å². The SMILES string of the molecule is CC(C)C(N)C(=O)N(CC1CCN(C)CC1)C1CC1. The average molecular weight is 267 g/mol. The Hall–Kier alpha value is -0.610. The van der Waals surface area contributed by atoms with Gasteiger partial charge in [0.2, 0.25) is 5.91 Å². The molecule has 110 valence electrons. The lowest BCUT2D eigenvalue weighted by molar-refractivity contribution is -0.135. The van der Waals surface area contributed by atoms with Gasteiger partial charge in [0.15, 0.2) is 0 Å². The normalized spacial score (nSPS) is 23.6. The van der Waals surface area contributed by atoms with Crippen LogP contribution in [0, 0.1) is 11.8 Å². The fraction of sp³-hybridized carbons (Fsp3) is 0.933. The van der Waals surface area contributed by atoms with Crippen molar-refractivity contribution in [2.45, 2.75) is 51.6 Å². The van der Waals surface area contributed by atoms with Crippen molar-refractivity contribution in [2.24, 2.45) is 17.6 Å². The van der Waals surface area contributed by atoms with Crippen molar-refractivity contribution in [1.82, 2.24) is 9.80 Å². The van der Waals surface area contributed by atoms with Crippen LogP contribution in [0.5, 0.6) is 0 Å². The molecule has 0 aromatic heterocycles. The molecule has 1 saturated heterocycles. The van der Waals surface area contributed by atoms with Gasteiger partial charge in [0.25, 0.3) is 0 Å². The van der Waals surface area contributed by atoms with E-state index in [1.165, 1.54) is 25.7 Å². The molecule has 2 N–H and O–H groups in total. The molecule has 1 aliphatic carbocycles. The van der Waals surface area contributed by atoms with E-state index in [0.29, 0.717) is 12.0 Å². The van der Waals surface area contributed by atoms with Crippen molar-refractivity contribution in [3.8, 4) is 0 Å². The van der Waals surface area contributed by atoms with Gasteiger partial charge in [0, 0.05) is 12.6 Å². The molecule has 2 rings (SSSR count). The standard InChI is InChI=1S/C15H29N3O/c1-11(2)14(16)15(19)18(13-4-5-13)10-12-6-8-17(3)9-7-12/h11-14H,4-10,16H2,1-3H3. The van der Waals surface area contributed by atoms with E-state index < -0.39 is 0 Å². The number of likely N-dealkylation sites (tertiary alicyclic amines) is 1. The molecule has 1 heterocycles. The molecule has 1 aliphatic heterocycles. The summed E-state index contributed by atoms with van der Waals surface area (Å²) in [5.41, 5.74) is 6.05. The van der Waals surface area contributed by atoms with Gasteiger partial charge in [-0.1, -0.05) is 13.8 Å². The maximum atomic E-state index is 12.5. The fourth-order valence-electron chi connectivity index (χ4n) is 2.80. The van der Waals surface area contributed by atoms with Crippen LogP contribution in [0.4, 0.5) is 0 Å². The van der Waals surface area contributed by atoms with E-state index in [1.807, 2.05) is 13.8 Å². The number of nitrogens with two attached hydrogens (primary N) is 1. The Balaban J connectivity index is 1.91. The van der Waals surface area contributed by atoms with Gasteiger partial charge in [-0.2, -0.15) is 0 Å². The number of nitrogens with zero attached hydrogens (tertiary/aromatic N) is 2. The first kappa shape index (κ1) is 14.8. The van der Waals surface area contributed by atoms with Crippen LogP contribution in [-0.4, -0.2) is 54.5 Å². The van der Waals surface area contributed by atoms with Gasteiger partial charge in [-0.25, -0.2) is 0 Å². The second kappa shape index (κ2) is 6.23. The quantitative estimate of drug-likeness (QED) is 0.817. The minimum atomic E-state index is -0.327. The molecule has 4 heteroatoms. The largest absolute Gasteiger partial charge is 0.338 e. The molecule has 1 amide bonds. The van der Waals surface area contributed by atoms with Crippen LogP contribution in [0.3, 0.4) is 0 Å². The first-order valence-corrected chi connectivity index (χ1v) is 7.73. The molecule has 19 heavy (non-hydrogen) atoms. The van der Waals surface area contributed by atoms with E-state index in [9.17, 15) is 4.79 Å². The Bertz CT molecular complexity index is 307. The third-order valence-corrected chi connectivity index (χ3v) is 4.57. The Morgan fingerprint density at radius 2 is 1.84 bits per heavy atom. The monoisotopic (exact) mass is 267 g/mol. The predicted molar refractivity (Wildman–Crippen MR) is 77.8 cm³/mol. The minimum Gasteiger partial charge on any atom is -0.338 e. The summed E-state index contributed by atoms with van der Waals surface area (Å²) in [4.78, 5) is 17.0. The third-order valence-electron chi connectivity index (χ3n) is 4.57. The van der Waals surface area contributed by atoms with E-state index in [2.05, 4.69) is 16.8 Å². The highest BCUT2D eigenvalue weighted by molar-refractivity contribution is 5.82. The van der Waals surface area contributed by atoms with Crippen LogP contribution in [0.1, 0.15) is 39.5 Å². The highest BCUT2D eigenvalue weighted by Crippen LogP contribution is 2.30. The number of rotatable bonds is 5. The summed E-state index contributed by atoms with van der Waals surface area (Å²) in [6, 6.07) is 0.156. The van der Waals surface area contributed by atoms with Crippen LogP contribution >= 0.6 is 0 Å². The van der Waals surface area contributed by atoms with Crippen LogP contribution in [0.2, 0.25) is 0 Å². The number of carbonyl (C=O) groups is 1. The predicted octanol–water partition coefficient (Wildman–Crippen LogP) is 1.30. The number of hydrogen-bond donors (Lipinski definition) is 1. The van der Waals surface area contributed by atoms with E-state index in [0.717, 1.165) is 19.6 Å². The lowest BCUT2D eigenvalue weighted by Gasteiger charge is -2.34. The smallest absolute Gasteiger partial charge is 0.240 e. The number of piperidine rings is 1. The van der Waals surface area contributed by atoms with Gasteiger partial charge < -0.3 is 15.5 Å². The second-order valence-corrected chi connectivity index (χ2v) is 6.74. The zero-order chi connectivity index (χ0) is 14.0. The number of amides is 1. The molecule has 2 aliphatic rings. The Kier molecular flexibility index (Phi) is 4.85. The second-order valence-electron chi connectivity index (χ2n) is 6.74. The van der Waals surface area contributed by atoms with Crippen molar-refractivity contribution in [3.05, 3.63) is 0 Å². The Morgan fingerprint density at radius 3 is 2.32 bits per heavy atom. The summed E-state index contributed by atoms with van der Waals surface area (Å²) in [5.74, 6) is 1.07. The van der Waals surface area contributed by atoms with Crippen molar-refractivity contribution in [3.63, 3.8) is 0 Å². The van der Waals surface area contributed by atoms with Crippen LogP contribution in [0.15, 0.2) is 0 Å². The molecule has 0 radical (unpaired) electrons. The summed E-state index contributed by atoms with van der Waals surface area (Å²) in [6.07, 6.45) is 4.76. The Labute approximate surface area is 117 Å². The molecule has 0 aromatic rings. The summed E-state index contributed by atoms with van der Waals surface area (Å²) >= 11 is 0. The van der Waals surface area contributed by atoms with E-state index >= 15 is 0 Å². The molecule has 2 fully saturated rings. The molecule has 0 bridgehead atoms. The summed E-state index contributed by atoms with van der Waals surface area (Å²) in [6.45, 7) is 7.31. The Morgan fingerprint density at radius 1 is 1.26 bits per heavy atom.